The summed E-state index contributed by atoms with van der Waals surface area (Å²) in [4.78, 5) is 27.1. The summed E-state index contributed by atoms with van der Waals surface area (Å²) >= 11 is 0. The molecule has 5 nitrogen and oxygen atoms in total. The van der Waals surface area contributed by atoms with Gasteiger partial charge in [0, 0.05) is 16.7 Å². The SMILES string of the molecule is O=C1c2ccccc2-c2c(-c3ccccc3O)[nH]c(=O)n21. The summed E-state index contributed by atoms with van der Waals surface area (Å²) in [6.45, 7) is 0. The average molecular weight is 278 g/mol. The highest BCUT2D eigenvalue weighted by molar-refractivity contribution is 6.11. The van der Waals surface area contributed by atoms with E-state index in [1.807, 2.05) is 6.07 Å². The average Bonchev–Trinajstić information content (AvgIpc) is 2.98. The monoisotopic (exact) mass is 278 g/mol. The first-order valence-corrected chi connectivity index (χ1v) is 6.46. The van der Waals surface area contributed by atoms with Crippen LogP contribution in [-0.4, -0.2) is 20.6 Å². The Morgan fingerprint density at radius 1 is 0.857 bits per heavy atom. The minimum absolute atomic E-state index is 0.0546. The molecule has 0 radical (unpaired) electrons. The third-order valence-electron chi connectivity index (χ3n) is 3.68. The summed E-state index contributed by atoms with van der Waals surface area (Å²) in [5, 5.41) is 10.0. The molecule has 0 saturated heterocycles. The second-order valence-electron chi connectivity index (χ2n) is 4.86. The van der Waals surface area contributed by atoms with Crippen molar-refractivity contribution in [3.63, 3.8) is 0 Å². The van der Waals surface area contributed by atoms with Gasteiger partial charge in [0.05, 0.1) is 11.4 Å². The highest BCUT2D eigenvalue weighted by Gasteiger charge is 2.32. The molecule has 0 bridgehead atoms. The van der Waals surface area contributed by atoms with E-state index in [4.69, 9.17) is 0 Å². The Kier molecular flexibility index (Phi) is 2.21. The Bertz CT molecular complexity index is 950. The number of hydrogen-bond acceptors (Lipinski definition) is 3. The molecule has 2 N–H and O–H groups in total. The fraction of sp³-hybridized carbons (Fsp3) is 0. The first-order chi connectivity index (χ1) is 10.2. The van der Waals surface area contributed by atoms with Gasteiger partial charge in [-0.25, -0.2) is 9.36 Å². The van der Waals surface area contributed by atoms with Crippen LogP contribution in [-0.2, 0) is 0 Å². The maximum Gasteiger partial charge on any atom is 0.333 e. The van der Waals surface area contributed by atoms with E-state index >= 15 is 0 Å². The topological polar surface area (TPSA) is 75.1 Å². The van der Waals surface area contributed by atoms with Crippen LogP contribution >= 0.6 is 0 Å². The van der Waals surface area contributed by atoms with E-state index in [1.165, 1.54) is 0 Å². The molecule has 2 aromatic carbocycles. The van der Waals surface area contributed by atoms with Crippen LogP contribution in [0.1, 0.15) is 10.4 Å². The molecule has 4 rings (SSSR count). The number of phenolic OH excluding ortho intramolecular Hbond substituents is 1. The van der Waals surface area contributed by atoms with E-state index in [0.717, 1.165) is 4.57 Å². The van der Waals surface area contributed by atoms with Gasteiger partial charge in [-0.15, -0.1) is 0 Å². The van der Waals surface area contributed by atoms with Crippen LogP contribution in [0.3, 0.4) is 0 Å². The predicted molar refractivity (Wildman–Crippen MR) is 77.3 cm³/mol. The first-order valence-electron chi connectivity index (χ1n) is 6.46. The molecular weight excluding hydrogens is 268 g/mol. The van der Waals surface area contributed by atoms with Crippen molar-refractivity contribution in [2.45, 2.75) is 0 Å². The first kappa shape index (κ1) is 11.7. The summed E-state index contributed by atoms with van der Waals surface area (Å²) < 4.78 is 1.12. The summed E-state index contributed by atoms with van der Waals surface area (Å²) in [5.74, 6) is -0.289. The lowest BCUT2D eigenvalue weighted by atomic mass is 10.0. The molecule has 2 heterocycles. The lowest BCUT2D eigenvalue weighted by Crippen LogP contribution is -2.21. The number of para-hydroxylation sites is 1. The van der Waals surface area contributed by atoms with Gasteiger partial charge in [0.1, 0.15) is 5.75 Å². The van der Waals surface area contributed by atoms with Gasteiger partial charge in [-0.1, -0.05) is 30.3 Å². The summed E-state index contributed by atoms with van der Waals surface area (Å²) in [6, 6.07) is 13.8. The molecule has 1 aliphatic rings. The second-order valence-corrected chi connectivity index (χ2v) is 4.86. The zero-order valence-electron chi connectivity index (χ0n) is 10.8. The number of nitrogens with zero attached hydrogens (tertiary/aromatic N) is 1. The normalized spacial score (nSPS) is 12.3. The van der Waals surface area contributed by atoms with Crippen molar-refractivity contribution in [1.29, 1.82) is 0 Å². The number of aromatic amines is 1. The van der Waals surface area contributed by atoms with E-state index in [-0.39, 0.29) is 11.7 Å². The van der Waals surface area contributed by atoms with Crippen molar-refractivity contribution in [2.24, 2.45) is 0 Å². The number of H-pyrrole nitrogens is 1. The number of aromatic hydroxyl groups is 1. The van der Waals surface area contributed by atoms with Crippen molar-refractivity contribution in [3.05, 3.63) is 64.6 Å². The number of rotatable bonds is 1. The zero-order valence-corrected chi connectivity index (χ0v) is 10.8. The lowest BCUT2D eigenvalue weighted by molar-refractivity contribution is 0.0965. The fourth-order valence-electron chi connectivity index (χ4n) is 2.76. The van der Waals surface area contributed by atoms with E-state index in [0.29, 0.717) is 28.1 Å². The van der Waals surface area contributed by atoms with E-state index in [2.05, 4.69) is 4.98 Å². The lowest BCUT2D eigenvalue weighted by Gasteiger charge is -2.04. The van der Waals surface area contributed by atoms with Crippen LogP contribution in [0.15, 0.2) is 53.3 Å². The Morgan fingerprint density at radius 2 is 1.48 bits per heavy atom. The van der Waals surface area contributed by atoms with Gasteiger partial charge in [0.25, 0.3) is 5.91 Å². The number of aromatic nitrogens is 2. The maximum atomic E-state index is 12.3. The molecule has 0 amide bonds. The smallest absolute Gasteiger partial charge is 0.333 e. The highest BCUT2D eigenvalue weighted by Crippen LogP contribution is 2.39. The highest BCUT2D eigenvalue weighted by atomic mass is 16.3. The third kappa shape index (κ3) is 1.45. The molecule has 1 aromatic heterocycles. The van der Waals surface area contributed by atoms with Crippen LogP contribution in [0.2, 0.25) is 0 Å². The second kappa shape index (κ2) is 3.96. The van der Waals surface area contributed by atoms with Crippen molar-refractivity contribution >= 4 is 5.91 Å². The largest absolute Gasteiger partial charge is 0.507 e. The Morgan fingerprint density at radius 3 is 2.19 bits per heavy atom. The molecule has 0 fully saturated rings. The fourth-order valence-corrected chi connectivity index (χ4v) is 2.76. The summed E-state index contributed by atoms with van der Waals surface area (Å²) in [6.07, 6.45) is 0. The number of carbonyl (C=O) groups is 1. The van der Waals surface area contributed by atoms with Crippen molar-refractivity contribution in [2.75, 3.05) is 0 Å². The van der Waals surface area contributed by atoms with Crippen LogP contribution < -0.4 is 5.69 Å². The minimum Gasteiger partial charge on any atom is -0.507 e. The van der Waals surface area contributed by atoms with Crippen LogP contribution in [0.25, 0.3) is 22.5 Å². The quantitative estimate of drug-likeness (QED) is 0.560. The third-order valence-corrected chi connectivity index (χ3v) is 3.68. The molecule has 0 unspecified atom stereocenters. The molecule has 21 heavy (non-hydrogen) atoms. The molecule has 102 valence electrons. The molecule has 5 heteroatoms. The molecular formula is C16H10N2O3. The summed E-state index contributed by atoms with van der Waals surface area (Å²) in [5.41, 5.74) is 2.14. The van der Waals surface area contributed by atoms with Crippen molar-refractivity contribution in [3.8, 4) is 28.3 Å². The maximum absolute atomic E-state index is 12.3. The van der Waals surface area contributed by atoms with Crippen molar-refractivity contribution < 1.29 is 9.90 Å². The van der Waals surface area contributed by atoms with Crippen LogP contribution in [0.4, 0.5) is 0 Å². The van der Waals surface area contributed by atoms with Gasteiger partial charge in [-0.2, -0.15) is 0 Å². The van der Waals surface area contributed by atoms with Gasteiger partial charge < -0.3 is 10.1 Å². The van der Waals surface area contributed by atoms with E-state index in [1.54, 1.807) is 42.5 Å². The Balaban J connectivity index is 2.11. The summed E-state index contributed by atoms with van der Waals surface area (Å²) in [7, 11) is 0. The molecule has 0 aliphatic carbocycles. The van der Waals surface area contributed by atoms with E-state index in [9.17, 15) is 14.7 Å². The zero-order chi connectivity index (χ0) is 14.6. The van der Waals surface area contributed by atoms with Crippen LogP contribution in [0, 0.1) is 0 Å². The molecule has 1 aliphatic heterocycles. The number of fused-ring (bicyclic) bond motifs is 3. The molecule has 3 aromatic rings. The van der Waals surface area contributed by atoms with Gasteiger partial charge in [-0.05, 0) is 18.2 Å². The predicted octanol–water partition coefficient (Wildman–Crippen LogP) is 2.22. The number of carbonyl (C=O) groups excluding carboxylic acids is 1. The number of nitrogens with one attached hydrogen (secondary N) is 1. The van der Waals surface area contributed by atoms with Gasteiger partial charge in [0.2, 0.25) is 0 Å². The molecule has 0 spiro atoms. The number of phenols is 1. The Labute approximate surface area is 119 Å². The number of benzene rings is 2. The standard InChI is InChI=1S/C16H10N2O3/c19-12-8-4-3-7-11(12)13-14-9-5-1-2-6-10(9)15(20)18(14)16(21)17-13/h1-8,19H,(H,17,21). The minimum atomic E-state index is -0.496. The van der Waals surface area contributed by atoms with Gasteiger partial charge >= 0.3 is 5.69 Å². The van der Waals surface area contributed by atoms with Crippen LogP contribution in [0.5, 0.6) is 5.75 Å². The van der Waals surface area contributed by atoms with Gasteiger partial charge in [0.15, 0.2) is 0 Å². The number of imidazole rings is 1. The Hall–Kier alpha value is -3.08. The van der Waals surface area contributed by atoms with E-state index < -0.39 is 5.69 Å². The van der Waals surface area contributed by atoms with Crippen molar-refractivity contribution in [1.82, 2.24) is 9.55 Å². The molecule has 0 atom stereocenters. The number of hydrogen-bond donors (Lipinski definition) is 2. The van der Waals surface area contributed by atoms with Gasteiger partial charge in [-0.3, -0.25) is 4.79 Å². The molecule has 0 saturated carbocycles.